The fraction of sp³-hybridized carbons (Fsp3) is 0.500. The van der Waals surface area contributed by atoms with Crippen molar-refractivity contribution < 1.29 is 0 Å². The minimum Gasteiger partial charge on any atom is -0.322 e. The molecule has 1 aliphatic carbocycles. The average Bonchev–Trinajstić information content (AvgIpc) is 2.77. The standard InChI is InChI=1S/C16H18ClN3/c1-2-16(7-3-8-16)20-14-10-12(11-18)4-5-13(14)19-15(20)6-9-17/h4-5,10H,2-3,6-9H2,1H3. The first kappa shape index (κ1) is 13.5. The van der Waals surface area contributed by atoms with Crippen LogP contribution in [0.5, 0.6) is 0 Å². The third-order valence-corrected chi connectivity index (χ3v) is 4.78. The Morgan fingerprint density at radius 2 is 2.25 bits per heavy atom. The van der Waals surface area contributed by atoms with Gasteiger partial charge in [-0.2, -0.15) is 5.26 Å². The van der Waals surface area contributed by atoms with E-state index in [4.69, 9.17) is 21.8 Å². The highest BCUT2D eigenvalue weighted by Crippen LogP contribution is 2.44. The second-order valence-corrected chi connectivity index (χ2v) is 5.93. The second-order valence-electron chi connectivity index (χ2n) is 5.55. The zero-order valence-electron chi connectivity index (χ0n) is 11.7. The Balaban J connectivity index is 2.25. The molecule has 1 heterocycles. The second kappa shape index (κ2) is 5.10. The van der Waals surface area contributed by atoms with Gasteiger partial charge >= 0.3 is 0 Å². The molecule has 1 saturated carbocycles. The molecule has 2 aromatic rings. The van der Waals surface area contributed by atoms with E-state index in [-0.39, 0.29) is 5.54 Å². The SMILES string of the molecule is CCC1(n2c(CCCl)nc3ccc(C#N)cc32)CCC1. The van der Waals surface area contributed by atoms with Crippen LogP contribution in [-0.2, 0) is 12.0 Å². The van der Waals surface area contributed by atoms with Crippen molar-refractivity contribution in [2.75, 3.05) is 5.88 Å². The minimum absolute atomic E-state index is 0.185. The van der Waals surface area contributed by atoms with E-state index in [0.717, 1.165) is 29.7 Å². The molecule has 0 N–H and O–H groups in total. The van der Waals surface area contributed by atoms with Crippen molar-refractivity contribution >= 4 is 22.6 Å². The van der Waals surface area contributed by atoms with E-state index in [2.05, 4.69) is 17.6 Å². The summed E-state index contributed by atoms with van der Waals surface area (Å²) in [6.07, 6.45) is 5.54. The lowest BCUT2D eigenvalue weighted by atomic mass is 9.74. The maximum Gasteiger partial charge on any atom is 0.111 e. The third-order valence-electron chi connectivity index (χ3n) is 4.59. The highest BCUT2D eigenvalue weighted by molar-refractivity contribution is 6.17. The van der Waals surface area contributed by atoms with Crippen molar-refractivity contribution in [2.24, 2.45) is 0 Å². The molecule has 0 unspecified atom stereocenters. The number of halogens is 1. The number of nitrogens with zero attached hydrogens (tertiary/aromatic N) is 3. The summed E-state index contributed by atoms with van der Waals surface area (Å²) in [6, 6.07) is 7.98. The number of hydrogen-bond acceptors (Lipinski definition) is 2. The van der Waals surface area contributed by atoms with Gasteiger partial charge in [-0.25, -0.2) is 4.98 Å². The fourth-order valence-corrected chi connectivity index (χ4v) is 3.47. The molecule has 0 amide bonds. The van der Waals surface area contributed by atoms with Crippen LogP contribution in [0.4, 0.5) is 0 Å². The van der Waals surface area contributed by atoms with Crippen molar-refractivity contribution in [3.05, 3.63) is 29.6 Å². The highest BCUT2D eigenvalue weighted by atomic mass is 35.5. The van der Waals surface area contributed by atoms with Crippen molar-refractivity contribution in [3.63, 3.8) is 0 Å². The first-order valence-electron chi connectivity index (χ1n) is 7.22. The van der Waals surface area contributed by atoms with Crippen molar-refractivity contribution in [3.8, 4) is 6.07 Å². The molecule has 0 spiro atoms. The predicted octanol–water partition coefficient (Wildman–Crippen LogP) is 3.98. The van der Waals surface area contributed by atoms with Crippen LogP contribution in [0.2, 0.25) is 0 Å². The quantitative estimate of drug-likeness (QED) is 0.798. The number of rotatable bonds is 4. The highest BCUT2D eigenvalue weighted by Gasteiger charge is 2.39. The summed E-state index contributed by atoms with van der Waals surface area (Å²) in [7, 11) is 0. The molecule has 3 rings (SSSR count). The van der Waals surface area contributed by atoms with Crippen LogP contribution in [-0.4, -0.2) is 15.4 Å². The van der Waals surface area contributed by atoms with Gasteiger partial charge in [0.2, 0.25) is 0 Å². The molecule has 104 valence electrons. The monoisotopic (exact) mass is 287 g/mol. The summed E-state index contributed by atoms with van der Waals surface area (Å²) < 4.78 is 2.37. The molecule has 0 bridgehead atoms. The number of benzene rings is 1. The summed E-state index contributed by atoms with van der Waals surface area (Å²) in [4.78, 5) is 4.74. The van der Waals surface area contributed by atoms with Gasteiger partial charge in [-0.15, -0.1) is 11.6 Å². The van der Waals surface area contributed by atoms with Crippen LogP contribution in [0.25, 0.3) is 11.0 Å². The smallest absolute Gasteiger partial charge is 0.111 e. The molecule has 0 saturated heterocycles. The number of fused-ring (bicyclic) bond motifs is 1. The number of aryl methyl sites for hydroxylation is 1. The maximum atomic E-state index is 9.13. The van der Waals surface area contributed by atoms with E-state index in [1.807, 2.05) is 18.2 Å². The first-order chi connectivity index (χ1) is 9.74. The van der Waals surface area contributed by atoms with E-state index in [9.17, 15) is 0 Å². The van der Waals surface area contributed by atoms with Gasteiger partial charge in [-0.3, -0.25) is 0 Å². The van der Waals surface area contributed by atoms with Gasteiger partial charge < -0.3 is 4.57 Å². The van der Waals surface area contributed by atoms with Crippen LogP contribution in [0.15, 0.2) is 18.2 Å². The zero-order valence-corrected chi connectivity index (χ0v) is 12.5. The summed E-state index contributed by atoms with van der Waals surface area (Å²) in [6.45, 7) is 2.24. The third kappa shape index (κ3) is 1.91. The Morgan fingerprint density at radius 3 is 2.80 bits per heavy atom. The number of alkyl halides is 1. The molecule has 1 aliphatic rings. The van der Waals surface area contributed by atoms with Crippen molar-refractivity contribution in [1.82, 2.24) is 9.55 Å². The Labute approximate surface area is 124 Å². The predicted molar refractivity (Wildman–Crippen MR) is 81.0 cm³/mol. The van der Waals surface area contributed by atoms with Gasteiger partial charge in [-0.1, -0.05) is 6.92 Å². The molecule has 0 aliphatic heterocycles. The number of hydrogen-bond donors (Lipinski definition) is 0. The molecular weight excluding hydrogens is 270 g/mol. The van der Waals surface area contributed by atoms with Crippen molar-refractivity contribution in [2.45, 2.75) is 44.6 Å². The summed E-state index contributed by atoms with van der Waals surface area (Å²) in [5, 5.41) is 9.13. The topological polar surface area (TPSA) is 41.6 Å². The Kier molecular flexibility index (Phi) is 3.43. The number of imidazole rings is 1. The van der Waals surface area contributed by atoms with E-state index < -0.39 is 0 Å². The molecule has 4 heteroatoms. The average molecular weight is 288 g/mol. The molecular formula is C16H18ClN3. The summed E-state index contributed by atoms with van der Waals surface area (Å²) >= 11 is 5.94. The normalized spacial score (nSPS) is 16.9. The molecule has 1 aromatic heterocycles. The summed E-state index contributed by atoms with van der Waals surface area (Å²) in [5.41, 5.74) is 2.95. The van der Waals surface area contributed by atoms with Gasteiger partial charge in [0.15, 0.2) is 0 Å². The van der Waals surface area contributed by atoms with Gasteiger partial charge in [0.1, 0.15) is 5.82 Å². The van der Waals surface area contributed by atoms with E-state index in [1.54, 1.807) is 0 Å². The Hall–Kier alpha value is -1.53. The van der Waals surface area contributed by atoms with Gasteiger partial charge in [0, 0.05) is 17.8 Å². The van der Waals surface area contributed by atoms with Crippen LogP contribution < -0.4 is 0 Å². The largest absolute Gasteiger partial charge is 0.322 e. The molecule has 0 atom stereocenters. The van der Waals surface area contributed by atoms with E-state index >= 15 is 0 Å². The van der Waals surface area contributed by atoms with Crippen LogP contribution in [0.1, 0.15) is 44.0 Å². The van der Waals surface area contributed by atoms with E-state index in [1.165, 1.54) is 19.3 Å². The summed E-state index contributed by atoms with van der Waals surface area (Å²) in [5.74, 6) is 1.64. The minimum atomic E-state index is 0.185. The lowest BCUT2D eigenvalue weighted by Gasteiger charge is -2.44. The number of aromatic nitrogens is 2. The fourth-order valence-electron chi connectivity index (χ4n) is 3.30. The van der Waals surface area contributed by atoms with Crippen LogP contribution in [0.3, 0.4) is 0 Å². The number of nitriles is 1. The van der Waals surface area contributed by atoms with Crippen LogP contribution in [0, 0.1) is 11.3 Å². The molecule has 20 heavy (non-hydrogen) atoms. The lowest BCUT2D eigenvalue weighted by molar-refractivity contribution is 0.137. The van der Waals surface area contributed by atoms with E-state index in [0.29, 0.717) is 11.4 Å². The molecule has 0 radical (unpaired) electrons. The first-order valence-corrected chi connectivity index (χ1v) is 7.75. The lowest BCUT2D eigenvalue weighted by Crippen LogP contribution is -2.41. The van der Waals surface area contributed by atoms with Crippen molar-refractivity contribution in [1.29, 1.82) is 5.26 Å². The Morgan fingerprint density at radius 1 is 1.45 bits per heavy atom. The van der Waals surface area contributed by atoms with Crippen LogP contribution >= 0.6 is 11.6 Å². The van der Waals surface area contributed by atoms with Gasteiger partial charge in [0.25, 0.3) is 0 Å². The Bertz CT molecular complexity index is 671. The van der Waals surface area contributed by atoms with Gasteiger partial charge in [0.05, 0.1) is 22.7 Å². The zero-order chi connectivity index (χ0) is 14.2. The maximum absolute atomic E-state index is 9.13. The molecule has 1 fully saturated rings. The molecule has 1 aromatic carbocycles. The molecule has 3 nitrogen and oxygen atoms in total. The van der Waals surface area contributed by atoms with Gasteiger partial charge in [-0.05, 0) is 43.9 Å².